The van der Waals surface area contributed by atoms with Gasteiger partial charge in [-0.05, 0) is 44.0 Å². The highest BCUT2D eigenvalue weighted by Crippen LogP contribution is 2.11. The number of halogens is 1. The zero-order valence-corrected chi connectivity index (χ0v) is 18.5. The lowest BCUT2D eigenvalue weighted by molar-refractivity contribution is 0.0954. The molecular weight excluding hydrogens is 451 g/mol. The summed E-state index contributed by atoms with van der Waals surface area (Å²) in [6.45, 7) is 8.78. The van der Waals surface area contributed by atoms with Crippen molar-refractivity contribution in [3.05, 3.63) is 70.8 Å². The number of rotatable bonds is 7. The Kier molecular flexibility index (Phi) is 10.5. The van der Waals surface area contributed by atoms with Crippen molar-refractivity contribution in [3.63, 3.8) is 0 Å². The van der Waals surface area contributed by atoms with E-state index in [2.05, 4.69) is 53.0 Å². The van der Waals surface area contributed by atoms with Gasteiger partial charge in [0.2, 0.25) is 0 Å². The Morgan fingerprint density at radius 1 is 0.963 bits per heavy atom. The predicted molar refractivity (Wildman–Crippen MR) is 123 cm³/mol. The number of aryl methyl sites for hydroxylation is 2. The van der Waals surface area contributed by atoms with Crippen molar-refractivity contribution in [3.8, 4) is 0 Å². The number of nitrogens with one attached hydrogen (secondary N) is 3. The molecule has 0 atom stereocenters. The minimum atomic E-state index is -0.0652. The van der Waals surface area contributed by atoms with E-state index in [0.717, 1.165) is 12.5 Å². The number of hydrogen-bond acceptors (Lipinski definition) is 2. The second-order valence-corrected chi connectivity index (χ2v) is 6.17. The van der Waals surface area contributed by atoms with Crippen LogP contribution >= 0.6 is 24.0 Å². The average molecular weight is 480 g/mol. The van der Waals surface area contributed by atoms with Crippen LogP contribution < -0.4 is 16.0 Å². The maximum atomic E-state index is 12.0. The van der Waals surface area contributed by atoms with Crippen LogP contribution in [-0.4, -0.2) is 31.5 Å². The first-order valence-corrected chi connectivity index (χ1v) is 9.01. The van der Waals surface area contributed by atoms with Crippen molar-refractivity contribution < 1.29 is 4.79 Å². The molecule has 0 aliphatic carbocycles. The standard InChI is InChI=1S/C21H28N4O.HI/c1-4-22-21(25-15-19-11-10-16(2)14-17(19)3)24-13-12-23-20(26)18-8-6-5-7-9-18;/h5-11,14H,4,12-13,15H2,1-3H3,(H,23,26)(H2,22,24,25);1H. The summed E-state index contributed by atoms with van der Waals surface area (Å²) >= 11 is 0. The van der Waals surface area contributed by atoms with Gasteiger partial charge in [0.1, 0.15) is 0 Å². The molecule has 27 heavy (non-hydrogen) atoms. The first-order valence-electron chi connectivity index (χ1n) is 9.01. The van der Waals surface area contributed by atoms with Gasteiger partial charge in [-0.15, -0.1) is 24.0 Å². The summed E-state index contributed by atoms with van der Waals surface area (Å²) in [6.07, 6.45) is 0. The molecule has 0 bridgehead atoms. The molecule has 5 nitrogen and oxygen atoms in total. The lowest BCUT2D eigenvalue weighted by Gasteiger charge is -2.12. The number of carbonyl (C=O) groups is 1. The normalized spacial score (nSPS) is 10.7. The van der Waals surface area contributed by atoms with E-state index in [-0.39, 0.29) is 29.9 Å². The zero-order valence-electron chi connectivity index (χ0n) is 16.2. The number of amides is 1. The fraction of sp³-hybridized carbons (Fsp3) is 0.333. The first kappa shape index (κ1) is 23.0. The summed E-state index contributed by atoms with van der Waals surface area (Å²) in [5, 5.41) is 9.38. The van der Waals surface area contributed by atoms with Crippen LogP contribution in [0.4, 0.5) is 0 Å². The number of hydrogen-bond donors (Lipinski definition) is 3. The molecule has 0 spiro atoms. The van der Waals surface area contributed by atoms with E-state index in [0.29, 0.717) is 25.2 Å². The molecule has 146 valence electrons. The van der Waals surface area contributed by atoms with Crippen molar-refractivity contribution in [2.75, 3.05) is 19.6 Å². The highest BCUT2D eigenvalue weighted by molar-refractivity contribution is 14.0. The third-order valence-corrected chi connectivity index (χ3v) is 3.99. The second kappa shape index (κ2) is 12.3. The van der Waals surface area contributed by atoms with Crippen molar-refractivity contribution in [2.24, 2.45) is 4.99 Å². The molecule has 1 amide bonds. The van der Waals surface area contributed by atoms with E-state index in [1.165, 1.54) is 16.7 Å². The summed E-state index contributed by atoms with van der Waals surface area (Å²) in [7, 11) is 0. The van der Waals surface area contributed by atoms with E-state index in [9.17, 15) is 4.79 Å². The largest absolute Gasteiger partial charge is 0.357 e. The quantitative estimate of drug-likeness (QED) is 0.246. The third-order valence-electron chi connectivity index (χ3n) is 3.99. The van der Waals surface area contributed by atoms with Gasteiger partial charge < -0.3 is 16.0 Å². The predicted octanol–water partition coefficient (Wildman–Crippen LogP) is 3.41. The molecule has 0 fully saturated rings. The summed E-state index contributed by atoms with van der Waals surface area (Å²) in [4.78, 5) is 16.6. The monoisotopic (exact) mass is 480 g/mol. The topological polar surface area (TPSA) is 65.5 Å². The molecule has 0 aromatic heterocycles. The number of aliphatic imine (C=N–C) groups is 1. The lowest BCUT2D eigenvalue weighted by Crippen LogP contribution is -2.41. The molecule has 0 radical (unpaired) electrons. The van der Waals surface area contributed by atoms with Crippen LogP contribution in [0.3, 0.4) is 0 Å². The molecule has 0 saturated carbocycles. The molecule has 2 aromatic rings. The van der Waals surface area contributed by atoms with E-state index in [1.54, 1.807) is 12.1 Å². The highest BCUT2D eigenvalue weighted by atomic mass is 127. The van der Waals surface area contributed by atoms with Crippen molar-refractivity contribution in [2.45, 2.75) is 27.3 Å². The molecule has 6 heteroatoms. The van der Waals surface area contributed by atoms with Gasteiger partial charge in [0.25, 0.3) is 5.91 Å². The van der Waals surface area contributed by atoms with E-state index < -0.39 is 0 Å². The molecule has 2 rings (SSSR count). The van der Waals surface area contributed by atoms with Gasteiger partial charge in [-0.1, -0.05) is 42.0 Å². The van der Waals surface area contributed by atoms with Gasteiger partial charge in [0.05, 0.1) is 6.54 Å². The first-order chi connectivity index (χ1) is 12.6. The highest BCUT2D eigenvalue weighted by Gasteiger charge is 2.04. The summed E-state index contributed by atoms with van der Waals surface area (Å²) in [5.41, 5.74) is 4.39. The van der Waals surface area contributed by atoms with Gasteiger partial charge in [-0.25, -0.2) is 4.99 Å². The van der Waals surface area contributed by atoms with Crippen LogP contribution in [-0.2, 0) is 6.54 Å². The smallest absolute Gasteiger partial charge is 0.251 e. The molecular formula is C21H29IN4O. The number of guanidine groups is 1. The fourth-order valence-electron chi connectivity index (χ4n) is 2.58. The maximum Gasteiger partial charge on any atom is 0.251 e. The van der Waals surface area contributed by atoms with Gasteiger partial charge in [-0.3, -0.25) is 4.79 Å². The third kappa shape index (κ3) is 7.99. The lowest BCUT2D eigenvalue weighted by atomic mass is 10.1. The zero-order chi connectivity index (χ0) is 18.8. The molecule has 0 aliphatic heterocycles. The Labute approximate surface area is 179 Å². The van der Waals surface area contributed by atoms with Gasteiger partial charge >= 0.3 is 0 Å². The summed E-state index contributed by atoms with van der Waals surface area (Å²) in [5.74, 6) is 0.686. The minimum absolute atomic E-state index is 0. The van der Waals surface area contributed by atoms with Crippen LogP contribution in [0.2, 0.25) is 0 Å². The minimum Gasteiger partial charge on any atom is -0.357 e. The summed E-state index contributed by atoms with van der Waals surface area (Å²) in [6, 6.07) is 15.6. The maximum absolute atomic E-state index is 12.0. The summed E-state index contributed by atoms with van der Waals surface area (Å²) < 4.78 is 0. The molecule has 3 N–H and O–H groups in total. The number of benzene rings is 2. The van der Waals surface area contributed by atoms with Crippen molar-refractivity contribution >= 4 is 35.8 Å². The Balaban J connectivity index is 0.00000364. The van der Waals surface area contributed by atoms with Gasteiger partial charge in [0, 0.05) is 25.2 Å². The Hall–Kier alpha value is -2.09. The van der Waals surface area contributed by atoms with Crippen LogP contribution in [0.15, 0.2) is 53.5 Å². The van der Waals surface area contributed by atoms with Crippen molar-refractivity contribution in [1.82, 2.24) is 16.0 Å². The number of carbonyl (C=O) groups excluding carboxylic acids is 1. The van der Waals surface area contributed by atoms with Crippen LogP contribution in [0, 0.1) is 13.8 Å². The van der Waals surface area contributed by atoms with E-state index >= 15 is 0 Å². The van der Waals surface area contributed by atoms with Gasteiger partial charge in [-0.2, -0.15) is 0 Å². The Bertz CT molecular complexity index is 747. The second-order valence-electron chi connectivity index (χ2n) is 6.17. The molecule has 0 aliphatic rings. The average Bonchev–Trinajstić information content (AvgIpc) is 2.64. The van der Waals surface area contributed by atoms with Crippen molar-refractivity contribution in [1.29, 1.82) is 0 Å². The Morgan fingerprint density at radius 3 is 2.33 bits per heavy atom. The SMILES string of the molecule is CCNC(=NCc1ccc(C)cc1C)NCCNC(=O)c1ccccc1.I. The van der Waals surface area contributed by atoms with Crippen LogP contribution in [0.5, 0.6) is 0 Å². The molecule has 0 unspecified atom stereocenters. The molecule has 2 aromatic carbocycles. The molecule has 0 heterocycles. The van der Waals surface area contributed by atoms with E-state index in [1.807, 2.05) is 25.1 Å². The Morgan fingerprint density at radius 2 is 1.67 bits per heavy atom. The number of nitrogens with zero attached hydrogens (tertiary/aromatic N) is 1. The van der Waals surface area contributed by atoms with E-state index in [4.69, 9.17) is 0 Å². The fourth-order valence-corrected chi connectivity index (χ4v) is 2.58. The molecule has 0 saturated heterocycles. The van der Waals surface area contributed by atoms with Crippen LogP contribution in [0.1, 0.15) is 34.0 Å². The van der Waals surface area contributed by atoms with Gasteiger partial charge in [0.15, 0.2) is 5.96 Å². The van der Waals surface area contributed by atoms with Crippen LogP contribution in [0.25, 0.3) is 0 Å².